The Morgan fingerprint density at radius 3 is 1.76 bits per heavy atom. The van der Waals surface area contributed by atoms with Gasteiger partial charge in [-0.1, -0.05) is 84.9 Å². The highest BCUT2D eigenvalue weighted by Gasteiger charge is 2.07. The number of rotatable bonds is 12. The molecule has 0 spiro atoms. The fraction of sp³-hybridized carbons (Fsp3) is 0.286. The molecule has 2 amide bonds. The topological polar surface area (TPSA) is 81.2 Å². The molecule has 0 aliphatic carbocycles. The smallest absolute Gasteiger partial charge is 0.445 e. The number of hydrogen-bond acceptors (Lipinski definition) is 4. The van der Waals surface area contributed by atoms with Crippen molar-refractivity contribution in [2.24, 2.45) is 0 Å². The van der Waals surface area contributed by atoms with E-state index >= 15 is 0 Å². The number of ether oxygens (including phenoxy) is 2. The largest absolute Gasteiger partial charge is 0.513 e. The second-order valence-electron chi connectivity index (χ2n) is 8.10. The zero-order valence-corrected chi connectivity index (χ0v) is 19.5. The van der Waals surface area contributed by atoms with Gasteiger partial charge in [0.15, 0.2) is 0 Å². The van der Waals surface area contributed by atoms with Gasteiger partial charge in [0.1, 0.15) is 13.2 Å². The minimum absolute atomic E-state index is 0.267. The van der Waals surface area contributed by atoms with Crippen LogP contribution in [0, 0.1) is 0 Å². The fourth-order valence-corrected chi connectivity index (χ4v) is 3.44. The van der Waals surface area contributed by atoms with Crippen molar-refractivity contribution in [1.29, 1.82) is 0 Å². The number of aryl methyl sites for hydroxylation is 2. The van der Waals surface area contributed by atoms with Crippen LogP contribution in [-0.4, -0.2) is 25.3 Å². The van der Waals surface area contributed by atoms with Gasteiger partial charge in [0.05, 0.1) is 6.54 Å². The quantitative estimate of drug-likeness (QED) is 0.392. The summed E-state index contributed by atoms with van der Waals surface area (Å²) in [5.74, 6) is 0. The lowest BCUT2D eigenvalue weighted by Gasteiger charge is -2.08. The van der Waals surface area contributed by atoms with Gasteiger partial charge in [0.25, 0.3) is 0 Å². The molecule has 0 bridgehead atoms. The lowest BCUT2D eigenvalue weighted by atomic mass is 10.0. The second kappa shape index (κ2) is 14.5. The molecule has 0 radical (unpaired) electrons. The van der Waals surface area contributed by atoms with Gasteiger partial charge in [-0.15, -0.1) is 0 Å². The van der Waals surface area contributed by atoms with Gasteiger partial charge in [0.2, 0.25) is 0 Å². The molecule has 3 aromatic rings. The van der Waals surface area contributed by atoms with Crippen molar-refractivity contribution in [2.45, 2.75) is 38.9 Å². The Bertz CT molecular complexity index is 909. The molecular weight excluding hydrogens is 428 g/mol. The van der Waals surface area contributed by atoms with Crippen LogP contribution in [0.1, 0.15) is 35.1 Å². The predicted molar refractivity (Wildman–Crippen MR) is 131 cm³/mol. The van der Waals surface area contributed by atoms with E-state index in [0.29, 0.717) is 19.7 Å². The normalized spacial score (nSPS) is 10.5. The van der Waals surface area contributed by atoms with Crippen LogP contribution in [0.15, 0.2) is 84.9 Å². The van der Waals surface area contributed by atoms with E-state index in [1.807, 2.05) is 60.7 Å². The number of nitrogens with one attached hydrogen (secondary N) is 1. The summed E-state index contributed by atoms with van der Waals surface area (Å²) in [6.45, 7) is 1.86. The van der Waals surface area contributed by atoms with Crippen LogP contribution in [0.25, 0.3) is 0 Å². The van der Waals surface area contributed by atoms with E-state index in [9.17, 15) is 9.59 Å². The van der Waals surface area contributed by atoms with Crippen molar-refractivity contribution in [2.75, 3.05) is 13.1 Å². The molecule has 0 aliphatic rings. The van der Waals surface area contributed by atoms with Crippen molar-refractivity contribution in [3.63, 3.8) is 0 Å². The number of quaternary nitrogens is 1. The number of carbonyl (C=O) groups excluding carboxylic acids is 2. The Hall–Kier alpha value is -3.64. The minimum Gasteiger partial charge on any atom is -0.445 e. The maximum atomic E-state index is 11.8. The molecule has 0 saturated carbocycles. The first-order chi connectivity index (χ1) is 16.7. The lowest BCUT2D eigenvalue weighted by molar-refractivity contribution is -0.571. The summed E-state index contributed by atoms with van der Waals surface area (Å²) in [6, 6.07) is 27.8. The van der Waals surface area contributed by atoms with Crippen LogP contribution in [0.4, 0.5) is 9.59 Å². The van der Waals surface area contributed by atoms with Crippen LogP contribution in [-0.2, 0) is 35.5 Å². The molecule has 0 atom stereocenters. The summed E-state index contributed by atoms with van der Waals surface area (Å²) in [5, 5.41) is 4.41. The number of carbonyl (C=O) groups is 2. The van der Waals surface area contributed by atoms with Crippen molar-refractivity contribution in [3.8, 4) is 0 Å². The van der Waals surface area contributed by atoms with E-state index < -0.39 is 0 Å². The van der Waals surface area contributed by atoms with Gasteiger partial charge < -0.3 is 14.8 Å². The van der Waals surface area contributed by atoms with Crippen LogP contribution in [0.3, 0.4) is 0 Å². The van der Waals surface area contributed by atoms with Gasteiger partial charge in [-0.25, -0.2) is 10.1 Å². The predicted octanol–water partition coefficient (Wildman–Crippen LogP) is 4.38. The van der Waals surface area contributed by atoms with Gasteiger partial charge in [0, 0.05) is 13.0 Å². The highest BCUT2D eigenvalue weighted by Crippen LogP contribution is 2.08. The molecule has 0 aliphatic heterocycles. The Morgan fingerprint density at radius 2 is 1.18 bits per heavy atom. The summed E-state index contributed by atoms with van der Waals surface area (Å²) < 4.78 is 10.5. The first kappa shape index (κ1) is 25.0. The summed E-state index contributed by atoms with van der Waals surface area (Å²) >= 11 is 0. The summed E-state index contributed by atoms with van der Waals surface area (Å²) in [5.41, 5.74) is 4.44. The first-order valence-corrected chi connectivity index (χ1v) is 11.8. The van der Waals surface area contributed by atoms with Gasteiger partial charge in [-0.3, -0.25) is 0 Å². The van der Waals surface area contributed by atoms with E-state index in [1.165, 1.54) is 11.1 Å². The molecule has 3 aromatic carbocycles. The number of primary amides is 1. The number of nitrogens with two attached hydrogens (primary N) is 1. The zero-order chi connectivity index (χ0) is 23.8. The number of benzene rings is 3. The van der Waals surface area contributed by atoms with E-state index in [-0.39, 0.29) is 18.8 Å². The summed E-state index contributed by atoms with van der Waals surface area (Å²) in [7, 11) is 0. The maximum absolute atomic E-state index is 11.8. The van der Waals surface area contributed by atoms with Crippen LogP contribution in [0.5, 0.6) is 0 Å². The summed E-state index contributed by atoms with van der Waals surface area (Å²) in [6.07, 6.45) is 2.89. The van der Waals surface area contributed by atoms with Crippen molar-refractivity contribution in [1.82, 2.24) is 5.32 Å². The van der Waals surface area contributed by atoms with E-state index in [4.69, 9.17) is 9.47 Å². The number of hydrogen-bond donors (Lipinski definition) is 2. The first-order valence-electron chi connectivity index (χ1n) is 11.8. The molecule has 0 fully saturated rings. The lowest BCUT2D eigenvalue weighted by Crippen LogP contribution is -2.88. The molecule has 6 heteroatoms. The molecule has 0 unspecified atom stereocenters. The van der Waals surface area contributed by atoms with Crippen LogP contribution < -0.4 is 10.6 Å². The standard InChI is InChI=1S/C28H32N2O4/c31-27(33-21-25-9-3-1-4-10-25)29-19-7-13-23-15-17-24(18-16-23)14-8-20-30-28(32)34-22-26-11-5-2-6-12-26/h1-6,9-12,15-18H,7-8,13-14,19-22H2,(H,29,31)(H,30,32)/p+1. The molecule has 6 nitrogen and oxygen atoms in total. The number of alkyl carbamates (subject to hydrolysis) is 1. The third-order valence-corrected chi connectivity index (χ3v) is 5.35. The molecule has 3 rings (SSSR count). The highest BCUT2D eigenvalue weighted by molar-refractivity contribution is 5.67. The molecule has 0 saturated heterocycles. The second-order valence-corrected chi connectivity index (χ2v) is 8.10. The molecule has 34 heavy (non-hydrogen) atoms. The third-order valence-electron chi connectivity index (χ3n) is 5.35. The Kier molecular flexibility index (Phi) is 10.7. The summed E-state index contributed by atoms with van der Waals surface area (Å²) in [4.78, 5) is 23.6. The van der Waals surface area contributed by atoms with Gasteiger partial charge >= 0.3 is 12.2 Å². The monoisotopic (exact) mass is 461 g/mol. The minimum atomic E-state index is -0.389. The van der Waals surface area contributed by atoms with Crippen LogP contribution >= 0.6 is 0 Å². The average molecular weight is 462 g/mol. The molecule has 178 valence electrons. The maximum Gasteiger partial charge on any atom is 0.513 e. The van der Waals surface area contributed by atoms with Gasteiger partial charge in [-0.05, 0) is 41.5 Å². The Morgan fingerprint density at radius 1 is 0.647 bits per heavy atom. The molecule has 0 aromatic heterocycles. The number of amides is 2. The fourth-order valence-electron chi connectivity index (χ4n) is 3.44. The highest BCUT2D eigenvalue weighted by atomic mass is 16.6. The van der Waals surface area contributed by atoms with E-state index in [2.05, 4.69) is 29.6 Å². The average Bonchev–Trinajstić information content (AvgIpc) is 2.88. The molecular formula is C28H33N2O4+. The SMILES string of the molecule is O=C(NCCCc1ccc(CCC[NH2+]C(=O)OCc2ccccc2)cc1)OCc1ccccc1. The van der Waals surface area contributed by atoms with Crippen molar-refractivity contribution >= 4 is 12.2 Å². The van der Waals surface area contributed by atoms with Crippen LogP contribution in [0.2, 0.25) is 0 Å². The Labute approximate surface area is 201 Å². The van der Waals surface area contributed by atoms with Crippen molar-refractivity contribution < 1.29 is 24.4 Å². The Balaban J connectivity index is 1.22. The van der Waals surface area contributed by atoms with Gasteiger partial charge in [-0.2, -0.15) is 4.79 Å². The molecule has 3 N–H and O–H groups in total. The van der Waals surface area contributed by atoms with Crippen molar-refractivity contribution in [3.05, 3.63) is 107 Å². The van der Waals surface area contributed by atoms with E-state index in [0.717, 1.165) is 36.8 Å². The van der Waals surface area contributed by atoms with E-state index in [1.54, 1.807) is 5.32 Å². The third kappa shape index (κ3) is 9.88. The molecule has 0 heterocycles. The zero-order valence-electron chi connectivity index (χ0n) is 19.5.